The lowest BCUT2D eigenvalue weighted by Crippen LogP contribution is -2.52. The van der Waals surface area contributed by atoms with Gasteiger partial charge in [0.15, 0.2) is 0 Å². The number of hydrogen-bond donors (Lipinski definition) is 0. The molecule has 2 saturated carbocycles. The Bertz CT molecular complexity index is 285. The lowest BCUT2D eigenvalue weighted by atomic mass is 9.67. The second-order valence-corrected chi connectivity index (χ2v) is 8.08. The summed E-state index contributed by atoms with van der Waals surface area (Å²) in [7, 11) is 1.32. The Labute approximate surface area is 111 Å². The summed E-state index contributed by atoms with van der Waals surface area (Å²) in [5.41, 5.74) is 0.126. The molecule has 4 heteroatoms. The first-order valence-electron chi connectivity index (χ1n) is 7.12. The van der Waals surface area contributed by atoms with Crippen molar-refractivity contribution in [1.82, 2.24) is 4.67 Å². The third-order valence-electron chi connectivity index (χ3n) is 5.10. The summed E-state index contributed by atoms with van der Waals surface area (Å²) >= 11 is 6.41. The molecule has 17 heavy (non-hydrogen) atoms. The Balaban J connectivity index is 1.85. The fourth-order valence-corrected chi connectivity index (χ4v) is 6.22. The molecule has 3 rings (SSSR count). The van der Waals surface area contributed by atoms with E-state index in [2.05, 4.69) is 11.7 Å². The lowest BCUT2D eigenvalue weighted by Gasteiger charge is -2.45. The van der Waals surface area contributed by atoms with E-state index < -0.39 is 7.65 Å². The van der Waals surface area contributed by atoms with Crippen LogP contribution in [-0.2, 0) is 4.52 Å². The average Bonchev–Trinajstić information content (AvgIpc) is 2.64. The lowest BCUT2D eigenvalue weighted by molar-refractivity contribution is -0.0385. The molecule has 0 aromatic heterocycles. The maximum absolute atomic E-state index is 6.41. The van der Waals surface area contributed by atoms with Gasteiger partial charge in [-0.1, -0.05) is 32.1 Å². The molecule has 3 aliphatic rings. The standard InChI is InChI=1S/C13H23ClNOP/c1-15-12-9-5-6-10-13(12,16-17(15)14)11-7-3-2-4-8-11/h11-12H,2-10H2,1H3/t12-,13-,17?/m0/s1. The van der Waals surface area contributed by atoms with Crippen molar-refractivity contribution in [3.05, 3.63) is 0 Å². The van der Waals surface area contributed by atoms with Gasteiger partial charge in [-0.05, 0) is 49.9 Å². The fourth-order valence-electron chi connectivity index (χ4n) is 4.22. The van der Waals surface area contributed by atoms with E-state index in [4.69, 9.17) is 15.8 Å². The first-order chi connectivity index (χ1) is 8.24. The molecule has 0 aromatic carbocycles. The van der Waals surface area contributed by atoms with Gasteiger partial charge in [0.05, 0.1) is 5.60 Å². The van der Waals surface area contributed by atoms with Crippen LogP contribution in [0.2, 0.25) is 0 Å². The molecule has 0 bridgehead atoms. The molecule has 2 nitrogen and oxygen atoms in total. The largest absolute Gasteiger partial charge is 0.323 e. The third kappa shape index (κ3) is 2.06. The summed E-state index contributed by atoms with van der Waals surface area (Å²) < 4.78 is 8.70. The van der Waals surface area contributed by atoms with Crippen molar-refractivity contribution >= 4 is 18.9 Å². The topological polar surface area (TPSA) is 12.5 Å². The van der Waals surface area contributed by atoms with Crippen molar-refractivity contribution in [1.29, 1.82) is 0 Å². The molecular formula is C13H23ClNOP. The average molecular weight is 276 g/mol. The van der Waals surface area contributed by atoms with Crippen LogP contribution in [0.1, 0.15) is 57.8 Å². The van der Waals surface area contributed by atoms with E-state index in [0.29, 0.717) is 6.04 Å². The zero-order valence-electron chi connectivity index (χ0n) is 10.7. The van der Waals surface area contributed by atoms with Gasteiger partial charge in [0.2, 0.25) is 7.65 Å². The Kier molecular flexibility index (Phi) is 3.70. The van der Waals surface area contributed by atoms with Crippen LogP contribution in [0.3, 0.4) is 0 Å². The van der Waals surface area contributed by atoms with E-state index in [0.717, 1.165) is 5.92 Å². The van der Waals surface area contributed by atoms with Crippen LogP contribution in [0.25, 0.3) is 0 Å². The van der Waals surface area contributed by atoms with Crippen molar-refractivity contribution < 1.29 is 4.52 Å². The number of hydrogen-bond acceptors (Lipinski definition) is 2. The molecule has 0 aromatic rings. The quantitative estimate of drug-likeness (QED) is 0.645. The summed E-state index contributed by atoms with van der Waals surface area (Å²) in [6.07, 6.45) is 12.2. The molecule has 98 valence electrons. The highest BCUT2D eigenvalue weighted by Crippen LogP contribution is 2.64. The maximum Gasteiger partial charge on any atom is 0.207 e. The zero-order valence-corrected chi connectivity index (χ0v) is 12.3. The van der Waals surface area contributed by atoms with E-state index >= 15 is 0 Å². The van der Waals surface area contributed by atoms with Crippen molar-refractivity contribution in [3.63, 3.8) is 0 Å². The van der Waals surface area contributed by atoms with Gasteiger partial charge in [-0.3, -0.25) is 0 Å². The SMILES string of the molecule is CN1[C@H]2CCCC[C@@]2(C2CCCCC2)OP1Cl. The zero-order chi connectivity index (χ0) is 11.9. The molecule has 2 aliphatic carbocycles. The molecule has 0 spiro atoms. The second-order valence-electron chi connectivity index (χ2n) is 5.94. The minimum absolute atomic E-state index is 0.126. The van der Waals surface area contributed by atoms with Crippen LogP contribution in [0, 0.1) is 5.92 Å². The molecule has 0 amide bonds. The Hall–Kier alpha value is 0.640. The van der Waals surface area contributed by atoms with Crippen LogP contribution < -0.4 is 0 Å². The number of halogens is 1. The van der Waals surface area contributed by atoms with Gasteiger partial charge in [-0.25, -0.2) is 4.67 Å². The molecule has 0 radical (unpaired) electrons. The predicted molar refractivity (Wildman–Crippen MR) is 73.2 cm³/mol. The van der Waals surface area contributed by atoms with Crippen molar-refractivity contribution in [3.8, 4) is 0 Å². The molecule has 3 atom stereocenters. The van der Waals surface area contributed by atoms with Gasteiger partial charge in [-0.15, -0.1) is 0 Å². The van der Waals surface area contributed by atoms with Crippen LogP contribution >= 0.6 is 18.9 Å². The second kappa shape index (κ2) is 4.96. The van der Waals surface area contributed by atoms with Gasteiger partial charge in [0.1, 0.15) is 0 Å². The van der Waals surface area contributed by atoms with Crippen LogP contribution in [-0.4, -0.2) is 23.4 Å². The van der Waals surface area contributed by atoms with E-state index in [1.54, 1.807) is 0 Å². The number of rotatable bonds is 1. The minimum Gasteiger partial charge on any atom is -0.323 e. The Morgan fingerprint density at radius 3 is 2.59 bits per heavy atom. The highest BCUT2D eigenvalue weighted by Gasteiger charge is 2.56. The molecule has 3 fully saturated rings. The van der Waals surface area contributed by atoms with Gasteiger partial charge < -0.3 is 4.52 Å². The van der Waals surface area contributed by atoms with E-state index in [-0.39, 0.29) is 5.60 Å². The fraction of sp³-hybridized carbons (Fsp3) is 1.00. The Morgan fingerprint density at radius 1 is 1.12 bits per heavy atom. The third-order valence-corrected chi connectivity index (χ3v) is 7.29. The minimum atomic E-state index is -0.844. The smallest absolute Gasteiger partial charge is 0.207 e. The number of fused-ring (bicyclic) bond motifs is 1. The van der Waals surface area contributed by atoms with Crippen molar-refractivity contribution in [2.45, 2.75) is 69.4 Å². The molecule has 1 saturated heterocycles. The van der Waals surface area contributed by atoms with Crippen molar-refractivity contribution in [2.75, 3.05) is 7.05 Å². The monoisotopic (exact) mass is 275 g/mol. The summed E-state index contributed by atoms with van der Waals surface area (Å²) in [6, 6.07) is 0.600. The van der Waals surface area contributed by atoms with Gasteiger partial charge in [0.25, 0.3) is 0 Å². The highest BCUT2D eigenvalue weighted by molar-refractivity contribution is 7.78. The molecular weight excluding hydrogens is 253 g/mol. The predicted octanol–water partition coefficient (Wildman–Crippen LogP) is 4.68. The van der Waals surface area contributed by atoms with E-state index in [9.17, 15) is 0 Å². The first-order valence-corrected chi connectivity index (χ1v) is 9.23. The summed E-state index contributed by atoms with van der Waals surface area (Å²) in [5, 5.41) is 0. The van der Waals surface area contributed by atoms with Crippen molar-refractivity contribution in [2.24, 2.45) is 5.92 Å². The van der Waals surface area contributed by atoms with Crippen LogP contribution in [0.15, 0.2) is 0 Å². The summed E-state index contributed by atoms with van der Waals surface area (Å²) in [6.45, 7) is 0. The first kappa shape index (κ1) is 12.7. The maximum atomic E-state index is 6.41. The summed E-state index contributed by atoms with van der Waals surface area (Å²) in [5.74, 6) is 0.773. The Morgan fingerprint density at radius 2 is 1.82 bits per heavy atom. The van der Waals surface area contributed by atoms with E-state index in [1.165, 1.54) is 57.8 Å². The summed E-state index contributed by atoms with van der Waals surface area (Å²) in [4.78, 5) is 0. The number of nitrogens with zero attached hydrogens (tertiary/aromatic N) is 1. The molecule has 1 unspecified atom stereocenters. The normalized spacial score (nSPS) is 44.8. The molecule has 1 aliphatic heterocycles. The number of likely N-dealkylation sites (N-methyl/N-ethyl adjacent to an activating group) is 1. The molecule has 1 heterocycles. The van der Waals surface area contributed by atoms with Crippen LogP contribution in [0.4, 0.5) is 0 Å². The van der Waals surface area contributed by atoms with Crippen LogP contribution in [0.5, 0.6) is 0 Å². The molecule has 0 N–H and O–H groups in total. The van der Waals surface area contributed by atoms with Gasteiger partial charge in [0, 0.05) is 6.04 Å². The highest BCUT2D eigenvalue weighted by atomic mass is 35.7. The van der Waals surface area contributed by atoms with Gasteiger partial charge >= 0.3 is 0 Å². The van der Waals surface area contributed by atoms with E-state index in [1.807, 2.05) is 0 Å². The van der Waals surface area contributed by atoms with Gasteiger partial charge in [-0.2, -0.15) is 0 Å².